The van der Waals surface area contributed by atoms with Gasteiger partial charge in [-0.15, -0.1) is 0 Å². The molecule has 0 fully saturated rings. The Labute approximate surface area is 101 Å². The van der Waals surface area contributed by atoms with E-state index in [2.05, 4.69) is 15.9 Å². The highest BCUT2D eigenvalue weighted by Crippen LogP contribution is 2.18. The summed E-state index contributed by atoms with van der Waals surface area (Å²) < 4.78 is 0.909. The number of halogens is 2. The zero-order valence-corrected chi connectivity index (χ0v) is 10.4. The maximum atomic E-state index is 11.4. The second-order valence-electron chi connectivity index (χ2n) is 2.80. The van der Waals surface area contributed by atoms with Gasteiger partial charge in [0.2, 0.25) is 0 Å². The van der Waals surface area contributed by atoms with Gasteiger partial charge in [0.1, 0.15) is 0 Å². The summed E-state index contributed by atoms with van der Waals surface area (Å²) in [6.45, 7) is 2.18. The van der Waals surface area contributed by atoms with Crippen LogP contribution in [0.3, 0.4) is 0 Å². The van der Waals surface area contributed by atoms with Crippen LogP contribution in [0.4, 0.5) is 5.69 Å². The third-order valence-electron chi connectivity index (χ3n) is 1.87. The summed E-state index contributed by atoms with van der Waals surface area (Å²) in [5.41, 5.74) is 0.653. The molecule has 1 rings (SSSR count). The van der Waals surface area contributed by atoms with E-state index in [1.807, 2.05) is 0 Å². The number of nitrogens with zero attached hydrogens (tertiary/aromatic N) is 1. The molecule has 0 radical (unpaired) electrons. The Balaban J connectivity index is 2.97. The topological polar surface area (TPSA) is 37.4 Å². The molecule has 0 N–H and O–H groups in total. The predicted molar refractivity (Wildman–Crippen MR) is 63.0 cm³/mol. The molecule has 0 atom stereocenters. The summed E-state index contributed by atoms with van der Waals surface area (Å²) in [7, 11) is 0. The standard InChI is InChI=1S/C10H9BrClNO2/c1-2-13(10(15)9(12)14)8-5-3-7(11)4-6-8/h3-6H,2H2,1H3. The Morgan fingerprint density at radius 3 is 2.27 bits per heavy atom. The van der Waals surface area contributed by atoms with Crippen LogP contribution in [0.5, 0.6) is 0 Å². The molecule has 0 aliphatic heterocycles. The van der Waals surface area contributed by atoms with E-state index in [1.54, 1.807) is 31.2 Å². The fraction of sp³-hybridized carbons (Fsp3) is 0.200. The van der Waals surface area contributed by atoms with Gasteiger partial charge in [0, 0.05) is 16.7 Å². The highest BCUT2D eigenvalue weighted by molar-refractivity contribution is 9.10. The highest BCUT2D eigenvalue weighted by Gasteiger charge is 2.19. The lowest BCUT2D eigenvalue weighted by Gasteiger charge is -2.18. The second-order valence-corrected chi connectivity index (χ2v) is 4.06. The quantitative estimate of drug-likeness (QED) is 0.634. The van der Waals surface area contributed by atoms with Crippen LogP contribution < -0.4 is 4.90 Å². The lowest BCUT2D eigenvalue weighted by Crippen LogP contribution is -2.34. The van der Waals surface area contributed by atoms with Crippen LogP contribution in [0.25, 0.3) is 0 Å². The van der Waals surface area contributed by atoms with Crippen LogP contribution in [0.15, 0.2) is 28.7 Å². The van der Waals surface area contributed by atoms with Gasteiger partial charge in [-0.3, -0.25) is 9.59 Å². The molecular formula is C10H9BrClNO2. The van der Waals surface area contributed by atoms with Crippen molar-refractivity contribution >= 4 is 44.4 Å². The number of likely N-dealkylation sites (N-methyl/N-ethyl adjacent to an activating group) is 1. The van der Waals surface area contributed by atoms with E-state index in [4.69, 9.17) is 11.6 Å². The molecule has 0 spiro atoms. The molecule has 0 bridgehead atoms. The number of anilines is 1. The van der Waals surface area contributed by atoms with Gasteiger partial charge in [0.25, 0.3) is 0 Å². The molecule has 0 aliphatic rings. The van der Waals surface area contributed by atoms with E-state index in [9.17, 15) is 9.59 Å². The molecule has 5 heteroatoms. The van der Waals surface area contributed by atoms with Crippen LogP contribution in [-0.2, 0) is 9.59 Å². The average Bonchev–Trinajstić information content (AvgIpc) is 2.21. The molecule has 3 nitrogen and oxygen atoms in total. The van der Waals surface area contributed by atoms with Crippen LogP contribution in [0.2, 0.25) is 0 Å². The third-order valence-corrected chi connectivity index (χ3v) is 2.56. The minimum absolute atomic E-state index is 0.402. The van der Waals surface area contributed by atoms with Crippen molar-refractivity contribution in [2.45, 2.75) is 6.92 Å². The summed E-state index contributed by atoms with van der Waals surface area (Å²) in [5, 5.41) is -0.972. The first-order chi connectivity index (χ1) is 7.06. The number of carbonyl (C=O) groups is 2. The first-order valence-corrected chi connectivity index (χ1v) is 5.50. The van der Waals surface area contributed by atoms with Crippen LogP contribution in [0, 0.1) is 0 Å². The van der Waals surface area contributed by atoms with E-state index in [-0.39, 0.29) is 0 Å². The Kier molecular flexibility index (Phi) is 4.29. The Morgan fingerprint density at radius 2 is 1.87 bits per heavy atom. The highest BCUT2D eigenvalue weighted by atomic mass is 79.9. The van der Waals surface area contributed by atoms with Gasteiger partial charge < -0.3 is 4.90 Å². The molecule has 0 aliphatic carbocycles. The molecule has 0 heterocycles. The minimum Gasteiger partial charge on any atom is -0.305 e. The zero-order chi connectivity index (χ0) is 11.4. The number of carbonyl (C=O) groups excluding carboxylic acids is 2. The first kappa shape index (κ1) is 12.2. The summed E-state index contributed by atoms with van der Waals surface area (Å²) in [5.74, 6) is -0.707. The van der Waals surface area contributed by atoms with E-state index >= 15 is 0 Å². The predicted octanol–water partition coefficient (Wildman–Crippen LogP) is 2.57. The maximum absolute atomic E-state index is 11.4. The number of hydrogen-bond acceptors (Lipinski definition) is 2. The fourth-order valence-corrected chi connectivity index (χ4v) is 1.54. The monoisotopic (exact) mass is 289 g/mol. The summed E-state index contributed by atoms with van der Waals surface area (Å²) >= 11 is 8.43. The first-order valence-electron chi connectivity index (χ1n) is 4.33. The van der Waals surface area contributed by atoms with Gasteiger partial charge in [-0.1, -0.05) is 15.9 Å². The van der Waals surface area contributed by atoms with Gasteiger partial charge in [0.15, 0.2) is 0 Å². The lowest BCUT2D eigenvalue weighted by molar-refractivity contribution is -0.131. The van der Waals surface area contributed by atoms with Gasteiger partial charge in [-0.05, 0) is 42.8 Å². The fourth-order valence-electron chi connectivity index (χ4n) is 1.17. The van der Waals surface area contributed by atoms with E-state index in [1.165, 1.54) is 4.90 Å². The molecule has 0 unspecified atom stereocenters. The number of amides is 1. The molecule has 0 saturated heterocycles. The summed E-state index contributed by atoms with van der Waals surface area (Å²) in [6.07, 6.45) is 0. The maximum Gasteiger partial charge on any atom is 0.310 e. The molecule has 15 heavy (non-hydrogen) atoms. The number of hydrogen-bond donors (Lipinski definition) is 0. The van der Waals surface area contributed by atoms with Crippen molar-refractivity contribution in [1.29, 1.82) is 0 Å². The summed E-state index contributed by atoms with van der Waals surface area (Å²) in [6, 6.07) is 7.07. The van der Waals surface area contributed by atoms with Crippen molar-refractivity contribution in [2.75, 3.05) is 11.4 Å². The smallest absolute Gasteiger partial charge is 0.305 e. The molecule has 80 valence electrons. The van der Waals surface area contributed by atoms with Crippen molar-refractivity contribution in [3.63, 3.8) is 0 Å². The second kappa shape index (κ2) is 5.28. The molecule has 1 aromatic carbocycles. The largest absolute Gasteiger partial charge is 0.310 e. The van der Waals surface area contributed by atoms with Crippen LogP contribution in [-0.4, -0.2) is 17.7 Å². The number of rotatable bonds is 3. The average molecular weight is 291 g/mol. The van der Waals surface area contributed by atoms with E-state index in [0.717, 1.165) is 4.47 Å². The Bertz CT molecular complexity index is 378. The van der Waals surface area contributed by atoms with E-state index in [0.29, 0.717) is 12.2 Å². The van der Waals surface area contributed by atoms with Crippen molar-refractivity contribution in [2.24, 2.45) is 0 Å². The third kappa shape index (κ3) is 3.04. The minimum atomic E-state index is -0.972. The Hall–Kier alpha value is -0.870. The molecule has 0 saturated carbocycles. The van der Waals surface area contributed by atoms with Crippen molar-refractivity contribution in [3.8, 4) is 0 Å². The Morgan fingerprint density at radius 1 is 1.33 bits per heavy atom. The van der Waals surface area contributed by atoms with Crippen LogP contribution in [0.1, 0.15) is 6.92 Å². The van der Waals surface area contributed by atoms with Crippen molar-refractivity contribution in [3.05, 3.63) is 28.7 Å². The van der Waals surface area contributed by atoms with Crippen molar-refractivity contribution < 1.29 is 9.59 Å². The SMILES string of the molecule is CCN(C(=O)C(=O)Cl)c1ccc(Br)cc1. The molecule has 1 aromatic rings. The molecule has 1 amide bonds. The van der Waals surface area contributed by atoms with E-state index < -0.39 is 11.1 Å². The van der Waals surface area contributed by atoms with Crippen molar-refractivity contribution in [1.82, 2.24) is 0 Å². The van der Waals surface area contributed by atoms with Gasteiger partial charge in [-0.25, -0.2) is 0 Å². The summed E-state index contributed by atoms with van der Waals surface area (Å²) in [4.78, 5) is 23.5. The molecule has 0 aromatic heterocycles. The van der Waals surface area contributed by atoms with Gasteiger partial charge >= 0.3 is 11.1 Å². The van der Waals surface area contributed by atoms with Gasteiger partial charge in [-0.2, -0.15) is 0 Å². The van der Waals surface area contributed by atoms with Gasteiger partial charge in [0.05, 0.1) is 0 Å². The normalized spacial score (nSPS) is 9.80. The van der Waals surface area contributed by atoms with Crippen LogP contribution >= 0.6 is 27.5 Å². The number of benzene rings is 1. The molecular weight excluding hydrogens is 281 g/mol. The lowest BCUT2D eigenvalue weighted by atomic mass is 10.3. The zero-order valence-electron chi connectivity index (χ0n) is 8.04.